The number of furan rings is 1. The van der Waals surface area contributed by atoms with Gasteiger partial charge >= 0.3 is 0 Å². The van der Waals surface area contributed by atoms with Crippen molar-refractivity contribution < 1.29 is 18.7 Å². The number of amides is 1. The molecule has 0 unspecified atom stereocenters. The molecule has 0 atom stereocenters. The average Bonchev–Trinajstić information content (AvgIpc) is 3.51. The molecule has 1 aliphatic rings. The zero-order valence-electron chi connectivity index (χ0n) is 18.4. The number of hydrogen-bond donors (Lipinski definition) is 0. The number of carbonyl (C=O) groups is 1. The fraction of sp³-hybridized carbons (Fsp3) is 0.417. The first kappa shape index (κ1) is 21.0. The first-order valence-corrected chi connectivity index (χ1v) is 10.7. The van der Waals surface area contributed by atoms with E-state index in [-0.39, 0.29) is 5.91 Å². The van der Waals surface area contributed by atoms with E-state index in [1.165, 1.54) is 0 Å². The molecule has 0 N–H and O–H groups in total. The van der Waals surface area contributed by atoms with Gasteiger partial charge in [0.1, 0.15) is 28.6 Å². The van der Waals surface area contributed by atoms with Crippen LogP contribution in [0.2, 0.25) is 0 Å². The summed E-state index contributed by atoms with van der Waals surface area (Å²) in [6, 6.07) is 9.60. The Hall–Kier alpha value is -3.22. The molecule has 0 radical (unpaired) electrons. The summed E-state index contributed by atoms with van der Waals surface area (Å²) in [5, 5.41) is 0.877. The van der Waals surface area contributed by atoms with Crippen LogP contribution in [-0.2, 0) is 17.9 Å². The maximum Gasteiger partial charge on any atom is 0.222 e. The van der Waals surface area contributed by atoms with Crippen molar-refractivity contribution in [3.05, 3.63) is 47.9 Å². The molecule has 0 bridgehead atoms. The number of rotatable bonds is 8. The summed E-state index contributed by atoms with van der Waals surface area (Å²) >= 11 is 0. The Balaban J connectivity index is 1.81. The average molecular weight is 424 g/mol. The van der Waals surface area contributed by atoms with Gasteiger partial charge in [0, 0.05) is 37.0 Å². The van der Waals surface area contributed by atoms with Crippen LogP contribution in [0.5, 0.6) is 11.5 Å². The highest BCUT2D eigenvalue weighted by molar-refractivity contribution is 5.92. The molecule has 7 heteroatoms. The van der Waals surface area contributed by atoms with E-state index < -0.39 is 0 Å². The van der Waals surface area contributed by atoms with Crippen LogP contribution in [-0.4, -0.2) is 43.1 Å². The first-order chi connectivity index (χ1) is 15.1. The minimum atomic E-state index is 0.0708. The number of nitrogens with zero attached hydrogens (tertiary/aromatic N) is 3. The normalized spacial score (nSPS) is 13.6. The monoisotopic (exact) mass is 423 g/mol. The van der Waals surface area contributed by atoms with Crippen molar-refractivity contribution in [3.8, 4) is 11.5 Å². The standard InChI is InChI=1S/C24H29N3O4/c1-4-22(28)27(16-18-8-7-13-31-18)15-17-14-19-20(29-2)9-10-21(30-3)23(19)25-24(17)26-11-5-6-12-26/h7-10,13-14H,4-6,11-12,15-16H2,1-3H3. The van der Waals surface area contributed by atoms with Gasteiger partial charge < -0.3 is 23.7 Å². The number of fused-ring (bicyclic) bond motifs is 1. The Morgan fingerprint density at radius 3 is 2.52 bits per heavy atom. The fourth-order valence-corrected chi connectivity index (χ4v) is 4.15. The SMILES string of the molecule is CCC(=O)N(Cc1ccco1)Cc1cc2c(OC)ccc(OC)c2nc1N1CCCC1. The van der Waals surface area contributed by atoms with Crippen molar-refractivity contribution in [2.24, 2.45) is 0 Å². The van der Waals surface area contributed by atoms with Gasteiger partial charge in [-0.25, -0.2) is 4.98 Å². The van der Waals surface area contributed by atoms with E-state index in [1.807, 2.05) is 36.1 Å². The number of hydrogen-bond acceptors (Lipinski definition) is 6. The van der Waals surface area contributed by atoms with Crippen molar-refractivity contribution in [3.63, 3.8) is 0 Å². The van der Waals surface area contributed by atoms with Crippen molar-refractivity contribution in [2.75, 3.05) is 32.2 Å². The molecular formula is C24H29N3O4. The largest absolute Gasteiger partial charge is 0.496 e. The summed E-state index contributed by atoms with van der Waals surface area (Å²) in [4.78, 5) is 21.9. The van der Waals surface area contributed by atoms with Crippen LogP contribution in [0, 0.1) is 0 Å². The smallest absolute Gasteiger partial charge is 0.222 e. The van der Waals surface area contributed by atoms with Gasteiger partial charge in [0.2, 0.25) is 5.91 Å². The maximum absolute atomic E-state index is 12.8. The van der Waals surface area contributed by atoms with Crippen LogP contribution in [0.1, 0.15) is 37.5 Å². The van der Waals surface area contributed by atoms with Gasteiger partial charge in [-0.2, -0.15) is 0 Å². The molecule has 1 saturated heterocycles. The molecule has 1 aliphatic heterocycles. The summed E-state index contributed by atoms with van der Waals surface area (Å²) in [6.45, 7) is 4.66. The van der Waals surface area contributed by atoms with Crippen LogP contribution >= 0.6 is 0 Å². The molecule has 1 aromatic carbocycles. The lowest BCUT2D eigenvalue weighted by Gasteiger charge is -2.26. The third kappa shape index (κ3) is 4.31. The summed E-state index contributed by atoms with van der Waals surface area (Å²) in [5.74, 6) is 3.18. The van der Waals surface area contributed by atoms with Gasteiger partial charge in [-0.3, -0.25) is 4.79 Å². The van der Waals surface area contributed by atoms with E-state index in [0.717, 1.165) is 59.7 Å². The minimum Gasteiger partial charge on any atom is -0.496 e. The zero-order chi connectivity index (χ0) is 21.8. The number of anilines is 1. The molecule has 7 nitrogen and oxygen atoms in total. The number of pyridine rings is 1. The van der Waals surface area contributed by atoms with E-state index in [1.54, 1.807) is 20.5 Å². The maximum atomic E-state index is 12.8. The van der Waals surface area contributed by atoms with Gasteiger partial charge in [0.15, 0.2) is 0 Å². The van der Waals surface area contributed by atoms with Crippen molar-refractivity contribution in [1.29, 1.82) is 0 Å². The predicted molar refractivity (Wildman–Crippen MR) is 120 cm³/mol. The lowest BCUT2D eigenvalue weighted by Crippen LogP contribution is -2.31. The molecule has 164 valence electrons. The van der Waals surface area contributed by atoms with E-state index in [0.29, 0.717) is 25.3 Å². The molecule has 3 aromatic rings. The van der Waals surface area contributed by atoms with Gasteiger partial charge in [0.05, 0.1) is 27.0 Å². The minimum absolute atomic E-state index is 0.0708. The van der Waals surface area contributed by atoms with Crippen molar-refractivity contribution in [2.45, 2.75) is 39.3 Å². The molecule has 4 rings (SSSR count). The number of ether oxygens (including phenoxy) is 2. The van der Waals surface area contributed by atoms with E-state index >= 15 is 0 Å². The third-order valence-electron chi connectivity index (χ3n) is 5.75. The van der Waals surface area contributed by atoms with Crippen LogP contribution < -0.4 is 14.4 Å². The molecule has 1 amide bonds. The lowest BCUT2D eigenvalue weighted by atomic mass is 10.1. The number of benzene rings is 1. The molecule has 1 fully saturated rings. The Bertz CT molecular complexity index is 1040. The second-order valence-corrected chi connectivity index (χ2v) is 7.71. The Morgan fingerprint density at radius 2 is 1.87 bits per heavy atom. The van der Waals surface area contributed by atoms with Crippen LogP contribution in [0.4, 0.5) is 5.82 Å². The summed E-state index contributed by atoms with van der Waals surface area (Å²) < 4.78 is 16.7. The zero-order valence-corrected chi connectivity index (χ0v) is 18.4. The number of methoxy groups -OCH3 is 2. The van der Waals surface area contributed by atoms with E-state index in [4.69, 9.17) is 18.9 Å². The molecule has 31 heavy (non-hydrogen) atoms. The summed E-state index contributed by atoms with van der Waals surface area (Å²) in [6.07, 6.45) is 4.34. The van der Waals surface area contributed by atoms with Gasteiger partial charge in [-0.05, 0) is 43.2 Å². The Morgan fingerprint density at radius 1 is 1.13 bits per heavy atom. The van der Waals surface area contributed by atoms with Gasteiger partial charge in [-0.1, -0.05) is 6.92 Å². The summed E-state index contributed by atoms with van der Waals surface area (Å²) in [7, 11) is 3.30. The Labute approximate surface area is 182 Å². The molecular weight excluding hydrogens is 394 g/mol. The highest BCUT2D eigenvalue weighted by Crippen LogP contribution is 2.36. The fourth-order valence-electron chi connectivity index (χ4n) is 4.15. The van der Waals surface area contributed by atoms with Crippen molar-refractivity contribution >= 4 is 22.6 Å². The van der Waals surface area contributed by atoms with E-state index in [9.17, 15) is 4.79 Å². The lowest BCUT2D eigenvalue weighted by molar-refractivity contribution is -0.132. The van der Waals surface area contributed by atoms with Crippen LogP contribution in [0.25, 0.3) is 10.9 Å². The number of aromatic nitrogens is 1. The number of carbonyl (C=O) groups excluding carboxylic acids is 1. The predicted octanol–water partition coefficient (Wildman–Crippen LogP) is 4.38. The topological polar surface area (TPSA) is 68.0 Å². The second-order valence-electron chi connectivity index (χ2n) is 7.71. The quantitative estimate of drug-likeness (QED) is 0.535. The molecule has 3 heterocycles. The summed E-state index contributed by atoms with van der Waals surface area (Å²) in [5.41, 5.74) is 1.77. The first-order valence-electron chi connectivity index (χ1n) is 10.7. The van der Waals surface area contributed by atoms with Crippen LogP contribution in [0.15, 0.2) is 41.0 Å². The molecule has 0 saturated carbocycles. The van der Waals surface area contributed by atoms with E-state index in [2.05, 4.69) is 11.0 Å². The molecule has 2 aromatic heterocycles. The second kappa shape index (κ2) is 9.29. The molecule has 0 spiro atoms. The van der Waals surface area contributed by atoms with Gasteiger partial charge in [0.25, 0.3) is 0 Å². The third-order valence-corrected chi connectivity index (χ3v) is 5.75. The van der Waals surface area contributed by atoms with Crippen LogP contribution in [0.3, 0.4) is 0 Å². The van der Waals surface area contributed by atoms with Gasteiger partial charge in [-0.15, -0.1) is 0 Å². The highest BCUT2D eigenvalue weighted by atomic mass is 16.5. The Kier molecular flexibility index (Phi) is 6.30. The highest BCUT2D eigenvalue weighted by Gasteiger charge is 2.23. The van der Waals surface area contributed by atoms with Crippen molar-refractivity contribution in [1.82, 2.24) is 9.88 Å². The molecule has 0 aliphatic carbocycles.